The molecular formula is C14H22Cl2N4O. The van der Waals surface area contributed by atoms with Crippen molar-refractivity contribution < 1.29 is 5.11 Å². The number of benzene rings is 1. The summed E-state index contributed by atoms with van der Waals surface area (Å²) in [6, 6.07) is 10.3. The predicted octanol–water partition coefficient (Wildman–Crippen LogP) is 2.40. The summed E-state index contributed by atoms with van der Waals surface area (Å²) in [5.41, 5.74) is 2.40. The van der Waals surface area contributed by atoms with Gasteiger partial charge in [-0.2, -0.15) is 5.10 Å². The fourth-order valence-corrected chi connectivity index (χ4v) is 1.79. The molecule has 0 fully saturated rings. The number of aliphatic hydroxyl groups excluding tert-OH is 1. The molecule has 2 rings (SSSR count). The van der Waals surface area contributed by atoms with Crippen LogP contribution < -0.4 is 10.2 Å². The van der Waals surface area contributed by atoms with Gasteiger partial charge in [0.15, 0.2) is 0 Å². The van der Waals surface area contributed by atoms with Gasteiger partial charge in [0.05, 0.1) is 13.2 Å². The average Bonchev–Trinajstić information content (AvgIpc) is 2.85. The Morgan fingerprint density at radius 3 is 2.38 bits per heavy atom. The molecule has 1 aromatic carbocycles. The molecule has 0 amide bonds. The zero-order valence-corrected chi connectivity index (χ0v) is 13.8. The minimum atomic E-state index is 0. The molecule has 0 saturated heterocycles. The van der Waals surface area contributed by atoms with E-state index in [1.54, 1.807) is 4.68 Å². The summed E-state index contributed by atoms with van der Waals surface area (Å²) < 4.78 is 1.72. The molecule has 0 radical (unpaired) electrons. The Labute approximate surface area is 137 Å². The van der Waals surface area contributed by atoms with Gasteiger partial charge < -0.3 is 15.3 Å². The standard InChI is InChI=1S/C14H20N4O.2ClH/c1-17(2)13-5-3-12(4-6-13)11-15-14-7-8-18(16-14)9-10-19;;/h3-8,19H,9-11H2,1-2H3,(H,15,16);2*1H. The minimum Gasteiger partial charge on any atom is -0.394 e. The van der Waals surface area contributed by atoms with Crippen LogP contribution in [0.1, 0.15) is 5.56 Å². The first-order chi connectivity index (χ1) is 9.19. The normalized spacial score (nSPS) is 9.48. The minimum absolute atomic E-state index is 0. The Bertz CT molecular complexity index is 514. The van der Waals surface area contributed by atoms with Gasteiger partial charge in [-0.05, 0) is 17.7 Å². The molecule has 118 valence electrons. The highest BCUT2D eigenvalue weighted by Crippen LogP contribution is 2.13. The maximum Gasteiger partial charge on any atom is 0.148 e. The van der Waals surface area contributed by atoms with Crippen LogP contribution in [0.3, 0.4) is 0 Å². The van der Waals surface area contributed by atoms with Gasteiger partial charge in [-0.3, -0.25) is 4.68 Å². The van der Waals surface area contributed by atoms with Crippen LogP contribution >= 0.6 is 24.8 Å². The number of nitrogens with zero attached hydrogens (tertiary/aromatic N) is 3. The highest BCUT2D eigenvalue weighted by atomic mass is 35.5. The summed E-state index contributed by atoms with van der Waals surface area (Å²) in [5, 5.41) is 16.4. The second-order valence-electron chi connectivity index (χ2n) is 4.60. The second-order valence-corrected chi connectivity index (χ2v) is 4.60. The molecule has 0 aliphatic rings. The van der Waals surface area contributed by atoms with Crippen molar-refractivity contribution in [3.8, 4) is 0 Å². The van der Waals surface area contributed by atoms with Crippen LogP contribution in [0.4, 0.5) is 11.5 Å². The van der Waals surface area contributed by atoms with Crippen LogP contribution in [0.15, 0.2) is 36.5 Å². The summed E-state index contributed by atoms with van der Waals surface area (Å²) in [5.74, 6) is 0.824. The van der Waals surface area contributed by atoms with E-state index in [2.05, 4.69) is 39.6 Å². The fourth-order valence-electron chi connectivity index (χ4n) is 1.79. The summed E-state index contributed by atoms with van der Waals surface area (Å²) in [4.78, 5) is 2.08. The van der Waals surface area contributed by atoms with Gasteiger partial charge in [0.1, 0.15) is 5.82 Å². The number of nitrogens with one attached hydrogen (secondary N) is 1. The monoisotopic (exact) mass is 332 g/mol. The molecule has 1 aromatic heterocycles. The zero-order chi connectivity index (χ0) is 13.7. The number of hydrogen-bond acceptors (Lipinski definition) is 4. The molecule has 1 heterocycles. The summed E-state index contributed by atoms with van der Waals surface area (Å²) in [7, 11) is 4.06. The van der Waals surface area contributed by atoms with Crippen LogP contribution in [0, 0.1) is 0 Å². The van der Waals surface area contributed by atoms with Gasteiger partial charge in [-0.1, -0.05) is 12.1 Å². The molecule has 2 aromatic rings. The molecule has 0 saturated carbocycles. The molecule has 0 aliphatic carbocycles. The van der Waals surface area contributed by atoms with Crippen molar-refractivity contribution in [3.63, 3.8) is 0 Å². The third-order valence-electron chi connectivity index (χ3n) is 2.90. The summed E-state index contributed by atoms with van der Waals surface area (Å²) in [6.07, 6.45) is 1.85. The number of halogens is 2. The fraction of sp³-hybridized carbons (Fsp3) is 0.357. The first kappa shape index (κ1) is 19.6. The van der Waals surface area contributed by atoms with Gasteiger partial charge in [-0.25, -0.2) is 0 Å². The van der Waals surface area contributed by atoms with E-state index in [1.165, 1.54) is 11.3 Å². The molecule has 0 aliphatic heterocycles. The lowest BCUT2D eigenvalue weighted by atomic mass is 10.2. The zero-order valence-electron chi connectivity index (χ0n) is 12.2. The molecule has 0 bridgehead atoms. The third kappa shape index (κ3) is 5.83. The number of aliphatic hydroxyl groups is 1. The van der Waals surface area contributed by atoms with E-state index >= 15 is 0 Å². The van der Waals surface area contributed by atoms with Gasteiger partial charge in [-0.15, -0.1) is 24.8 Å². The predicted molar refractivity (Wildman–Crippen MR) is 91.9 cm³/mol. The van der Waals surface area contributed by atoms with E-state index in [0.717, 1.165) is 12.4 Å². The highest BCUT2D eigenvalue weighted by molar-refractivity contribution is 5.85. The lowest BCUT2D eigenvalue weighted by Gasteiger charge is -2.12. The molecule has 21 heavy (non-hydrogen) atoms. The van der Waals surface area contributed by atoms with Crippen LogP contribution in [0.2, 0.25) is 0 Å². The van der Waals surface area contributed by atoms with E-state index in [4.69, 9.17) is 5.11 Å². The van der Waals surface area contributed by atoms with Crippen molar-refractivity contribution in [3.05, 3.63) is 42.1 Å². The van der Waals surface area contributed by atoms with Gasteiger partial charge in [0.2, 0.25) is 0 Å². The van der Waals surface area contributed by atoms with E-state index in [9.17, 15) is 0 Å². The Kier molecular flexibility index (Phi) is 8.85. The van der Waals surface area contributed by atoms with Crippen LogP contribution in [-0.2, 0) is 13.1 Å². The molecular weight excluding hydrogens is 311 g/mol. The maximum atomic E-state index is 8.82. The van der Waals surface area contributed by atoms with Crippen molar-refractivity contribution in [2.24, 2.45) is 0 Å². The van der Waals surface area contributed by atoms with E-state index in [1.807, 2.05) is 26.4 Å². The van der Waals surface area contributed by atoms with Crippen LogP contribution in [-0.4, -0.2) is 35.6 Å². The van der Waals surface area contributed by atoms with Gasteiger partial charge >= 0.3 is 0 Å². The molecule has 0 spiro atoms. The van der Waals surface area contributed by atoms with Crippen LogP contribution in [0.5, 0.6) is 0 Å². The quantitative estimate of drug-likeness (QED) is 0.852. The first-order valence-corrected chi connectivity index (χ1v) is 6.33. The van der Waals surface area contributed by atoms with Gasteiger partial charge in [0, 0.05) is 38.6 Å². The lowest BCUT2D eigenvalue weighted by Crippen LogP contribution is -2.08. The van der Waals surface area contributed by atoms with Crippen molar-refractivity contribution in [1.82, 2.24) is 9.78 Å². The smallest absolute Gasteiger partial charge is 0.148 e. The molecule has 7 heteroatoms. The number of aromatic nitrogens is 2. The van der Waals surface area contributed by atoms with Crippen molar-refractivity contribution >= 4 is 36.3 Å². The molecule has 0 atom stereocenters. The molecule has 2 N–H and O–H groups in total. The van der Waals surface area contributed by atoms with Crippen molar-refractivity contribution in [2.75, 3.05) is 30.9 Å². The first-order valence-electron chi connectivity index (χ1n) is 6.33. The lowest BCUT2D eigenvalue weighted by molar-refractivity contribution is 0.269. The summed E-state index contributed by atoms with van der Waals surface area (Å²) in [6.45, 7) is 1.37. The average molecular weight is 333 g/mol. The van der Waals surface area contributed by atoms with E-state index < -0.39 is 0 Å². The molecule has 5 nitrogen and oxygen atoms in total. The number of rotatable bonds is 6. The highest BCUT2D eigenvalue weighted by Gasteiger charge is 1.99. The number of anilines is 2. The SMILES string of the molecule is CN(C)c1ccc(CNc2ccn(CCO)n2)cc1.Cl.Cl. The van der Waals surface area contributed by atoms with E-state index in [-0.39, 0.29) is 31.4 Å². The Morgan fingerprint density at radius 1 is 1.14 bits per heavy atom. The Hall–Kier alpha value is -1.43. The summed E-state index contributed by atoms with van der Waals surface area (Å²) >= 11 is 0. The van der Waals surface area contributed by atoms with Crippen molar-refractivity contribution in [1.29, 1.82) is 0 Å². The Balaban J connectivity index is 0.00000200. The van der Waals surface area contributed by atoms with Crippen molar-refractivity contribution in [2.45, 2.75) is 13.1 Å². The second kappa shape index (κ2) is 9.50. The topological polar surface area (TPSA) is 53.3 Å². The van der Waals surface area contributed by atoms with Crippen LogP contribution in [0.25, 0.3) is 0 Å². The van der Waals surface area contributed by atoms with Gasteiger partial charge in [0.25, 0.3) is 0 Å². The largest absolute Gasteiger partial charge is 0.394 e. The van der Waals surface area contributed by atoms with E-state index in [0.29, 0.717) is 6.54 Å². The molecule has 0 unspecified atom stereocenters. The number of hydrogen-bond donors (Lipinski definition) is 2. The third-order valence-corrected chi connectivity index (χ3v) is 2.90. The maximum absolute atomic E-state index is 8.82. The Morgan fingerprint density at radius 2 is 1.81 bits per heavy atom.